The molecule has 0 rings (SSSR count). The van der Waals surface area contributed by atoms with Crippen molar-refractivity contribution in [3.8, 4) is 0 Å². The van der Waals surface area contributed by atoms with E-state index in [1.54, 1.807) is 0 Å². The fraction of sp³-hybridized carbons (Fsp3) is 0.636. The quantitative estimate of drug-likeness (QED) is 0.171. The van der Waals surface area contributed by atoms with Crippen molar-refractivity contribution >= 4 is 22.0 Å². The molecule has 0 fully saturated rings. The summed E-state index contributed by atoms with van der Waals surface area (Å²) in [7, 11) is -7.04. The Morgan fingerprint density at radius 3 is 1.70 bits per heavy atom. The van der Waals surface area contributed by atoms with Crippen LogP contribution in [-0.2, 0) is 29.2 Å². The molecule has 1 atom stereocenters. The molecule has 0 aliphatic heterocycles. The average Bonchev–Trinajstić information content (AvgIpc) is 2.49. The highest BCUT2D eigenvalue weighted by molar-refractivity contribution is 7.86. The molecule has 176 valence electrons. The molecule has 0 aromatic rings. The summed E-state index contributed by atoms with van der Waals surface area (Å²) in [6.45, 7) is -0.375. The Labute approximate surface area is 159 Å². The Balaban J connectivity index is 5.89. The van der Waals surface area contributed by atoms with Crippen molar-refractivity contribution < 1.29 is 75.9 Å². The van der Waals surface area contributed by atoms with Crippen molar-refractivity contribution in [2.45, 2.75) is 35.7 Å². The summed E-state index contributed by atoms with van der Waals surface area (Å²) in [6.07, 6.45) is -14.8. The van der Waals surface area contributed by atoms with Gasteiger partial charge >= 0.3 is 41.2 Å². The van der Waals surface area contributed by atoms with Gasteiger partial charge in [-0.05, 0) is 0 Å². The number of carbonyl (C=O) groups is 2. The van der Waals surface area contributed by atoms with Gasteiger partial charge in [-0.1, -0.05) is 6.58 Å². The predicted molar refractivity (Wildman–Crippen MR) is 69.4 cm³/mol. The van der Waals surface area contributed by atoms with Gasteiger partial charge in [-0.15, -0.1) is 0 Å². The summed E-state index contributed by atoms with van der Waals surface area (Å²) in [4.78, 5) is 22.3. The van der Waals surface area contributed by atoms with Crippen molar-refractivity contribution in [3.63, 3.8) is 0 Å². The molecule has 1 amide bonds. The molecule has 1 unspecified atom stereocenters. The zero-order chi connectivity index (χ0) is 24.6. The van der Waals surface area contributed by atoms with E-state index in [1.807, 2.05) is 6.58 Å². The van der Waals surface area contributed by atoms with Crippen LogP contribution >= 0.6 is 0 Å². The number of carbonyl (C=O) groups excluding carboxylic acids is 2. The normalized spacial score (nSPS) is 16.0. The molecule has 0 aliphatic rings. The Hall–Kier alpha value is -2.15. The van der Waals surface area contributed by atoms with E-state index in [4.69, 9.17) is 0 Å². The summed E-state index contributed by atoms with van der Waals surface area (Å²) < 4.78 is 166. The number of rotatable bonds is 9. The second-order valence-corrected chi connectivity index (χ2v) is 6.54. The van der Waals surface area contributed by atoms with Crippen molar-refractivity contribution in [3.05, 3.63) is 12.2 Å². The van der Waals surface area contributed by atoms with Crippen molar-refractivity contribution in [2.75, 3.05) is 6.61 Å². The molecule has 30 heavy (non-hydrogen) atoms. The Kier molecular flexibility index (Phi) is 7.59. The minimum Gasteiger partial charge on any atom is -0.743 e. The molecule has 0 heterocycles. The third kappa shape index (κ3) is 5.50. The number of alkyl halides is 10. The lowest BCUT2D eigenvalue weighted by atomic mass is 10.2. The number of halogens is 10. The van der Waals surface area contributed by atoms with Crippen LogP contribution in [0.5, 0.6) is 0 Å². The topological polar surface area (TPSA) is 136 Å². The van der Waals surface area contributed by atoms with Gasteiger partial charge in [0, 0.05) is 6.42 Å². The minimum absolute atomic E-state index is 2.04. The first-order valence-corrected chi connectivity index (χ1v) is 8.06. The number of nitrogens with two attached hydrogens (primary N) is 1. The molecule has 0 aliphatic carbocycles. The van der Waals surface area contributed by atoms with Crippen LogP contribution in [0, 0.1) is 0 Å². The van der Waals surface area contributed by atoms with Gasteiger partial charge < -0.3 is 19.8 Å². The van der Waals surface area contributed by atoms with Crippen LogP contribution in [0.1, 0.15) is 6.42 Å². The SMILES string of the molecule is C=C(C(=O)OC(OCCC(F)(F)C(F)(F)S(=O)(=O)[O-])(C(N)=O)C(F)(F)F)C(F)(F)F. The highest BCUT2D eigenvalue weighted by Gasteiger charge is 2.67. The van der Waals surface area contributed by atoms with Crippen LogP contribution in [0.3, 0.4) is 0 Å². The highest BCUT2D eigenvalue weighted by Crippen LogP contribution is 2.42. The van der Waals surface area contributed by atoms with E-state index in [1.165, 1.54) is 0 Å². The van der Waals surface area contributed by atoms with Gasteiger partial charge in [0.2, 0.25) is 0 Å². The van der Waals surface area contributed by atoms with Gasteiger partial charge in [0.05, 0.1) is 6.61 Å². The summed E-state index contributed by atoms with van der Waals surface area (Å²) in [5.74, 6) is -17.0. The van der Waals surface area contributed by atoms with Crippen LogP contribution in [0.4, 0.5) is 43.9 Å². The van der Waals surface area contributed by atoms with Crippen molar-refractivity contribution in [1.82, 2.24) is 0 Å². The van der Waals surface area contributed by atoms with Gasteiger partial charge in [0.25, 0.3) is 0 Å². The first-order valence-electron chi connectivity index (χ1n) is 6.65. The second kappa shape index (κ2) is 8.17. The smallest absolute Gasteiger partial charge is 0.466 e. The van der Waals surface area contributed by atoms with Crippen LogP contribution in [0.2, 0.25) is 0 Å². The zero-order valence-electron chi connectivity index (χ0n) is 13.7. The standard InChI is InChI=1S/C11H9F10NO7S/c1-4(9(14,15)16)5(23)29-8(6(22)24,10(17,18)19)28-3-2-7(12,13)11(20,21)30(25,26)27/h1-3H2,(H2,22,24)(H,25,26,27)/p-1. The molecule has 2 N–H and O–H groups in total. The fourth-order valence-corrected chi connectivity index (χ4v) is 1.86. The number of amides is 1. The summed E-state index contributed by atoms with van der Waals surface area (Å²) in [6, 6.07) is 0. The van der Waals surface area contributed by atoms with Gasteiger partial charge in [0.1, 0.15) is 5.57 Å². The number of hydrogen-bond donors (Lipinski definition) is 1. The number of esters is 1. The fourth-order valence-electron chi connectivity index (χ4n) is 1.39. The molecule has 19 heteroatoms. The van der Waals surface area contributed by atoms with Crippen LogP contribution in [-0.4, -0.2) is 60.8 Å². The Bertz CT molecular complexity index is 804. The molecule has 0 bridgehead atoms. The third-order valence-electron chi connectivity index (χ3n) is 2.98. The lowest BCUT2D eigenvalue weighted by Crippen LogP contribution is -2.61. The molecule has 0 saturated carbocycles. The predicted octanol–water partition coefficient (Wildman–Crippen LogP) is 1.57. The number of primary amides is 1. The summed E-state index contributed by atoms with van der Waals surface area (Å²) >= 11 is 0. The van der Waals surface area contributed by atoms with Gasteiger partial charge in [0.15, 0.2) is 10.1 Å². The summed E-state index contributed by atoms with van der Waals surface area (Å²) in [5.41, 5.74) is 1.64. The Morgan fingerprint density at radius 2 is 1.40 bits per heavy atom. The van der Waals surface area contributed by atoms with E-state index in [9.17, 15) is 66.5 Å². The molecular formula is C11H8F10NO7S-. The molecule has 0 spiro atoms. The molecule has 0 saturated heterocycles. The van der Waals surface area contributed by atoms with Crippen LogP contribution < -0.4 is 5.73 Å². The maximum atomic E-state index is 13.2. The van der Waals surface area contributed by atoms with E-state index in [0.717, 1.165) is 0 Å². The largest absolute Gasteiger partial charge is 0.743 e. The van der Waals surface area contributed by atoms with Crippen LogP contribution in [0.25, 0.3) is 0 Å². The van der Waals surface area contributed by atoms with E-state index in [0.29, 0.717) is 0 Å². The Morgan fingerprint density at radius 1 is 0.967 bits per heavy atom. The molecule has 0 aromatic carbocycles. The van der Waals surface area contributed by atoms with Crippen LogP contribution in [0.15, 0.2) is 12.2 Å². The van der Waals surface area contributed by atoms with E-state index in [-0.39, 0.29) is 0 Å². The lowest BCUT2D eigenvalue weighted by molar-refractivity contribution is -0.349. The van der Waals surface area contributed by atoms with Gasteiger partial charge in [-0.3, -0.25) is 4.79 Å². The van der Waals surface area contributed by atoms with E-state index in [2.05, 4.69) is 15.2 Å². The third-order valence-corrected chi connectivity index (χ3v) is 3.91. The van der Waals surface area contributed by atoms with Gasteiger partial charge in [-0.2, -0.15) is 43.9 Å². The van der Waals surface area contributed by atoms with E-state index < -0.39 is 69.9 Å². The monoisotopic (exact) mass is 488 g/mol. The molecular weight excluding hydrogens is 480 g/mol. The maximum Gasteiger partial charge on any atom is 0.466 e. The minimum atomic E-state index is -7.04. The first kappa shape index (κ1) is 27.8. The lowest BCUT2D eigenvalue weighted by Gasteiger charge is -2.33. The molecule has 8 nitrogen and oxygen atoms in total. The van der Waals surface area contributed by atoms with Crippen molar-refractivity contribution in [1.29, 1.82) is 0 Å². The number of hydrogen-bond acceptors (Lipinski definition) is 7. The molecule has 0 aromatic heterocycles. The van der Waals surface area contributed by atoms with Crippen molar-refractivity contribution in [2.24, 2.45) is 5.73 Å². The number of ether oxygens (including phenoxy) is 2. The van der Waals surface area contributed by atoms with E-state index >= 15 is 0 Å². The maximum absolute atomic E-state index is 13.2. The van der Waals surface area contributed by atoms with Gasteiger partial charge in [-0.25, -0.2) is 13.2 Å². The second-order valence-electron chi connectivity index (χ2n) is 5.12. The zero-order valence-corrected chi connectivity index (χ0v) is 14.6. The average molecular weight is 488 g/mol. The summed E-state index contributed by atoms with van der Waals surface area (Å²) in [5, 5.41) is -6.36. The first-order chi connectivity index (χ1) is 12.9. The molecule has 0 radical (unpaired) electrons. The highest BCUT2D eigenvalue weighted by atomic mass is 32.2.